The molecule has 11 aromatic rings. The number of anilines is 3. The summed E-state index contributed by atoms with van der Waals surface area (Å²) in [5.41, 5.74) is 10.9. The summed E-state index contributed by atoms with van der Waals surface area (Å²) in [6.07, 6.45) is 0. The summed E-state index contributed by atoms with van der Waals surface area (Å²) in [4.78, 5) is 2.41. The van der Waals surface area contributed by atoms with E-state index in [1.54, 1.807) is 0 Å². The molecule has 0 aliphatic carbocycles. The molecule has 0 aliphatic rings. The third-order valence-electron chi connectivity index (χ3n) is 10.7. The van der Waals surface area contributed by atoms with E-state index >= 15 is 0 Å². The highest BCUT2D eigenvalue weighted by molar-refractivity contribution is 6.19. The average molecular weight is 677 g/mol. The summed E-state index contributed by atoms with van der Waals surface area (Å²) in [6.45, 7) is 0. The summed E-state index contributed by atoms with van der Waals surface area (Å²) in [5, 5.41) is 9.56. The van der Waals surface area contributed by atoms with E-state index in [2.05, 4.69) is 191 Å². The van der Waals surface area contributed by atoms with Gasteiger partial charge in [-0.1, -0.05) is 133 Å². The summed E-state index contributed by atoms with van der Waals surface area (Å²) >= 11 is 0. The van der Waals surface area contributed by atoms with E-state index in [9.17, 15) is 0 Å². The van der Waals surface area contributed by atoms with E-state index < -0.39 is 0 Å². The van der Waals surface area contributed by atoms with Gasteiger partial charge in [-0.25, -0.2) is 0 Å². The van der Waals surface area contributed by atoms with Crippen LogP contribution in [0.1, 0.15) is 0 Å². The van der Waals surface area contributed by atoms with E-state index in [-0.39, 0.29) is 0 Å². The molecule has 53 heavy (non-hydrogen) atoms. The lowest BCUT2D eigenvalue weighted by atomic mass is 10.0. The second-order valence-electron chi connectivity index (χ2n) is 13.7. The number of hydrogen-bond donors (Lipinski definition) is 0. The van der Waals surface area contributed by atoms with Crippen molar-refractivity contribution in [1.29, 1.82) is 0 Å². The number of nitrogens with zero attached hydrogens (tertiary/aromatic N) is 2. The molecule has 3 nitrogen and oxygen atoms in total. The standard InChI is InChI=1S/C50H32N2O/c1-2-13-34(14-3-1)40-17-8-10-20-46(40)51(39-26-29-49-45(32-39)42-19-9-11-21-48(42)53-49)38-25-28-47-44(31-38)43-27-23-35-15-6-7-18-41(35)50(43)52(47)37-24-22-33-12-4-5-16-36(33)30-37/h1-32H. The SMILES string of the molecule is c1ccc(-c2ccccc2N(c2ccc3oc4ccccc4c3c2)c2ccc3c(c2)c2ccc4ccccc4c2n3-c2ccc3ccccc3c2)cc1. The zero-order valence-corrected chi connectivity index (χ0v) is 28.8. The molecule has 0 amide bonds. The van der Waals surface area contributed by atoms with Gasteiger partial charge in [-0.15, -0.1) is 0 Å². The van der Waals surface area contributed by atoms with Gasteiger partial charge in [0, 0.05) is 49.6 Å². The normalized spacial score (nSPS) is 11.8. The maximum Gasteiger partial charge on any atom is 0.135 e. The molecular weight excluding hydrogens is 645 g/mol. The van der Waals surface area contributed by atoms with Crippen LogP contribution in [0.25, 0.3) is 82.1 Å². The lowest BCUT2D eigenvalue weighted by molar-refractivity contribution is 0.669. The van der Waals surface area contributed by atoms with Gasteiger partial charge in [0.05, 0.1) is 16.7 Å². The van der Waals surface area contributed by atoms with E-state index in [0.29, 0.717) is 0 Å². The summed E-state index contributed by atoms with van der Waals surface area (Å²) < 4.78 is 8.74. The van der Waals surface area contributed by atoms with Gasteiger partial charge in [0.15, 0.2) is 0 Å². The first-order valence-corrected chi connectivity index (χ1v) is 18.1. The van der Waals surface area contributed by atoms with Crippen LogP contribution in [0.15, 0.2) is 199 Å². The molecule has 0 saturated heterocycles. The van der Waals surface area contributed by atoms with E-state index in [1.807, 2.05) is 12.1 Å². The van der Waals surface area contributed by atoms with Crippen molar-refractivity contribution in [3.8, 4) is 16.8 Å². The highest BCUT2D eigenvalue weighted by atomic mass is 16.3. The summed E-state index contributed by atoms with van der Waals surface area (Å²) in [5.74, 6) is 0. The second kappa shape index (κ2) is 11.7. The van der Waals surface area contributed by atoms with Crippen molar-refractivity contribution < 1.29 is 4.42 Å². The van der Waals surface area contributed by atoms with E-state index in [0.717, 1.165) is 50.3 Å². The highest BCUT2D eigenvalue weighted by Gasteiger charge is 2.22. The third kappa shape index (κ3) is 4.68. The Morgan fingerprint density at radius 3 is 1.94 bits per heavy atom. The third-order valence-corrected chi connectivity index (χ3v) is 10.7. The Labute approximate surface area is 306 Å². The van der Waals surface area contributed by atoms with Gasteiger partial charge < -0.3 is 13.9 Å². The molecule has 9 aromatic carbocycles. The molecule has 2 heterocycles. The zero-order chi connectivity index (χ0) is 34.9. The molecule has 0 saturated carbocycles. The number of benzene rings is 9. The monoisotopic (exact) mass is 676 g/mol. The Bertz CT molecular complexity index is 3190. The minimum atomic E-state index is 0.882. The van der Waals surface area contributed by atoms with Crippen LogP contribution < -0.4 is 4.90 Å². The van der Waals surface area contributed by atoms with Crippen LogP contribution in [0, 0.1) is 0 Å². The highest BCUT2D eigenvalue weighted by Crippen LogP contribution is 2.45. The van der Waals surface area contributed by atoms with Crippen LogP contribution in [0.2, 0.25) is 0 Å². The smallest absolute Gasteiger partial charge is 0.135 e. The molecule has 0 N–H and O–H groups in total. The molecule has 11 rings (SSSR count). The van der Waals surface area contributed by atoms with Gasteiger partial charge in [-0.2, -0.15) is 0 Å². The van der Waals surface area contributed by atoms with Crippen LogP contribution in [-0.4, -0.2) is 4.57 Å². The van der Waals surface area contributed by atoms with E-state index in [4.69, 9.17) is 4.42 Å². The molecule has 0 atom stereocenters. The Morgan fingerprint density at radius 2 is 1.06 bits per heavy atom. The van der Waals surface area contributed by atoms with Gasteiger partial charge in [-0.05, 0) is 82.4 Å². The lowest BCUT2D eigenvalue weighted by Crippen LogP contribution is -2.11. The predicted octanol–water partition coefficient (Wildman–Crippen LogP) is 14.1. The first-order valence-electron chi connectivity index (χ1n) is 18.1. The quantitative estimate of drug-likeness (QED) is 0.181. The molecular formula is C50H32N2O. The molecule has 0 spiro atoms. The Balaban J connectivity index is 1.21. The Kier molecular flexibility index (Phi) is 6.55. The molecule has 3 heteroatoms. The fourth-order valence-electron chi connectivity index (χ4n) is 8.30. The van der Waals surface area contributed by atoms with Gasteiger partial charge in [0.25, 0.3) is 0 Å². The molecule has 248 valence electrons. The van der Waals surface area contributed by atoms with Crippen molar-refractivity contribution in [2.24, 2.45) is 0 Å². The first-order chi connectivity index (χ1) is 26.3. The number of rotatable bonds is 5. The minimum absolute atomic E-state index is 0.882. The average Bonchev–Trinajstić information content (AvgIpc) is 3.77. The maximum absolute atomic E-state index is 6.28. The maximum atomic E-state index is 6.28. The van der Waals surface area contributed by atoms with Crippen molar-refractivity contribution in [1.82, 2.24) is 4.57 Å². The minimum Gasteiger partial charge on any atom is -0.456 e. The van der Waals surface area contributed by atoms with Crippen LogP contribution in [0.3, 0.4) is 0 Å². The van der Waals surface area contributed by atoms with Crippen molar-refractivity contribution in [2.75, 3.05) is 4.90 Å². The van der Waals surface area contributed by atoms with Gasteiger partial charge in [0.1, 0.15) is 11.2 Å². The van der Waals surface area contributed by atoms with Gasteiger partial charge in [0.2, 0.25) is 0 Å². The van der Waals surface area contributed by atoms with Crippen LogP contribution in [0.5, 0.6) is 0 Å². The number of furan rings is 1. The van der Waals surface area contributed by atoms with Crippen molar-refractivity contribution in [2.45, 2.75) is 0 Å². The fraction of sp³-hybridized carbons (Fsp3) is 0. The number of fused-ring (bicyclic) bond motifs is 9. The van der Waals surface area contributed by atoms with Crippen LogP contribution >= 0.6 is 0 Å². The van der Waals surface area contributed by atoms with Crippen LogP contribution in [-0.2, 0) is 0 Å². The number of aromatic nitrogens is 1. The molecule has 0 fully saturated rings. The Hall–Kier alpha value is -7.10. The molecule has 0 aliphatic heterocycles. The topological polar surface area (TPSA) is 21.3 Å². The van der Waals surface area contributed by atoms with E-state index in [1.165, 1.54) is 48.9 Å². The van der Waals surface area contributed by atoms with Gasteiger partial charge in [-0.3, -0.25) is 0 Å². The zero-order valence-electron chi connectivity index (χ0n) is 28.8. The van der Waals surface area contributed by atoms with Gasteiger partial charge >= 0.3 is 0 Å². The van der Waals surface area contributed by atoms with Crippen LogP contribution in [0.4, 0.5) is 17.1 Å². The fourth-order valence-corrected chi connectivity index (χ4v) is 8.30. The first kappa shape index (κ1) is 29.6. The number of para-hydroxylation sites is 2. The Morgan fingerprint density at radius 1 is 0.396 bits per heavy atom. The van der Waals surface area contributed by atoms with Crippen molar-refractivity contribution >= 4 is 82.4 Å². The second-order valence-corrected chi connectivity index (χ2v) is 13.7. The number of hydrogen-bond acceptors (Lipinski definition) is 2. The lowest BCUT2D eigenvalue weighted by Gasteiger charge is -2.28. The molecule has 0 radical (unpaired) electrons. The molecule has 2 aromatic heterocycles. The summed E-state index contributed by atoms with van der Waals surface area (Å²) in [6, 6.07) is 69.9. The predicted molar refractivity (Wildman–Crippen MR) is 223 cm³/mol. The van der Waals surface area contributed by atoms with Crippen molar-refractivity contribution in [3.05, 3.63) is 194 Å². The summed E-state index contributed by atoms with van der Waals surface area (Å²) in [7, 11) is 0. The molecule has 0 bridgehead atoms. The molecule has 0 unspecified atom stereocenters. The largest absolute Gasteiger partial charge is 0.456 e. The van der Waals surface area contributed by atoms with Crippen molar-refractivity contribution in [3.63, 3.8) is 0 Å².